The van der Waals surface area contributed by atoms with E-state index in [0.717, 1.165) is 31.6 Å². The summed E-state index contributed by atoms with van der Waals surface area (Å²) in [5, 5.41) is 0. The van der Waals surface area contributed by atoms with Gasteiger partial charge >= 0.3 is 0 Å². The molecule has 5 heteroatoms. The number of rotatable bonds is 4. The first-order chi connectivity index (χ1) is 9.11. The minimum Gasteiger partial charge on any atom is -0.399 e. The summed E-state index contributed by atoms with van der Waals surface area (Å²) in [7, 11) is 0. The van der Waals surface area contributed by atoms with Gasteiger partial charge < -0.3 is 21.1 Å². The molecule has 1 atom stereocenters. The number of amides is 1. The van der Waals surface area contributed by atoms with Gasteiger partial charge in [0.1, 0.15) is 0 Å². The topological polar surface area (TPSA) is 81.6 Å². The van der Waals surface area contributed by atoms with Gasteiger partial charge in [-0.2, -0.15) is 0 Å². The molecular weight excluding hydrogens is 242 g/mol. The monoisotopic (exact) mass is 263 g/mol. The van der Waals surface area contributed by atoms with Crippen LogP contribution in [0.15, 0.2) is 18.2 Å². The molecule has 5 nitrogen and oxygen atoms in total. The third-order valence-corrected chi connectivity index (χ3v) is 3.41. The average molecular weight is 263 g/mol. The molecule has 1 aromatic carbocycles. The smallest absolute Gasteiger partial charge is 0.250 e. The SMILES string of the molecule is CCOC1CCCN(c2ccc(N)cc2C(N)=O)C1. The predicted octanol–water partition coefficient (Wildman–Crippen LogP) is 1.37. The van der Waals surface area contributed by atoms with E-state index in [9.17, 15) is 4.79 Å². The number of benzene rings is 1. The Morgan fingerprint density at radius 3 is 3.00 bits per heavy atom. The molecule has 1 heterocycles. The van der Waals surface area contributed by atoms with Crippen molar-refractivity contribution in [3.8, 4) is 0 Å². The third-order valence-electron chi connectivity index (χ3n) is 3.41. The first kappa shape index (κ1) is 13.7. The van der Waals surface area contributed by atoms with Gasteiger partial charge in [0.05, 0.1) is 11.7 Å². The van der Waals surface area contributed by atoms with Gasteiger partial charge in [-0.15, -0.1) is 0 Å². The summed E-state index contributed by atoms with van der Waals surface area (Å²) in [5.41, 5.74) is 13.0. The van der Waals surface area contributed by atoms with E-state index in [1.165, 1.54) is 0 Å². The van der Waals surface area contributed by atoms with Gasteiger partial charge in [0.2, 0.25) is 0 Å². The molecule has 1 saturated heterocycles. The Hall–Kier alpha value is -1.75. The van der Waals surface area contributed by atoms with Crippen LogP contribution in [-0.4, -0.2) is 31.7 Å². The zero-order chi connectivity index (χ0) is 13.8. The van der Waals surface area contributed by atoms with E-state index in [4.69, 9.17) is 16.2 Å². The molecule has 0 spiro atoms. The number of carbonyl (C=O) groups excluding carboxylic acids is 1. The van der Waals surface area contributed by atoms with Crippen LogP contribution < -0.4 is 16.4 Å². The zero-order valence-electron chi connectivity index (χ0n) is 11.3. The van der Waals surface area contributed by atoms with Crippen LogP contribution in [-0.2, 0) is 4.74 Å². The fourth-order valence-electron chi connectivity index (χ4n) is 2.56. The molecule has 19 heavy (non-hydrogen) atoms. The molecule has 0 radical (unpaired) electrons. The van der Waals surface area contributed by atoms with Gasteiger partial charge in [-0.05, 0) is 38.0 Å². The molecule has 1 aromatic rings. The summed E-state index contributed by atoms with van der Waals surface area (Å²) >= 11 is 0. The maximum absolute atomic E-state index is 11.5. The minimum atomic E-state index is -0.444. The molecule has 0 aromatic heterocycles. The van der Waals surface area contributed by atoms with Crippen molar-refractivity contribution in [1.29, 1.82) is 0 Å². The quantitative estimate of drug-likeness (QED) is 0.804. The lowest BCUT2D eigenvalue weighted by atomic mass is 10.0. The maximum Gasteiger partial charge on any atom is 0.250 e. The molecule has 1 aliphatic rings. The Balaban J connectivity index is 2.23. The molecular formula is C14H21N3O2. The molecule has 1 fully saturated rings. The van der Waals surface area contributed by atoms with Crippen LogP contribution in [0.2, 0.25) is 0 Å². The number of nitrogens with two attached hydrogens (primary N) is 2. The van der Waals surface area contributed by atoms with E-state index in [1.54, 1.807) is 12.1 Å². The van der Waals surface area contributed by atoms with Crippen molar-refractivity contribution < 1.29 is 9.53 Å². The van der Waals surface area contributed by atoms with Crippen molar-refractivity contribution >= 4 is 17.3 Å². The van der Waals surface area contributed by atoms with Crippen molar-refractivity contribution in [1.82, 2.24) is 0 Å². The number of nitrogens with zero attached hydrogens (tertiary/aromatic N) is 1. The Labute approximate surface area is 113 Å². The summed E-state index contributed by atoms with van der Waals surface area (Å²) in [4.78, 5) is 13.7. The van der Waals surface area contributed by atoms with Gasteiger partial charge in [-0.3, -0.25) is 4.79 Å². The summed E-state index contributed by atoms with van der Waals surface area (Å²) in [6.07, 6.45) is 2.33. The Morgan fingerprint density at radius 1 is 1.53 bits per heavy atom. The van der Waals surface area contributed by atoms with E-state index in [0.29, 0.717) is 17.9 Å². The normalized spacial score (nSPS) is 19.4. The Bertz CT molecular complexity index is 460. The second-order valence-electron chi connectivity index (χ2n) is 4.81. The lowest BCUT2D eigenvalue weighted by Crippen LogP contribution is -2.40. The number of ether oxygens (including phenoxy) is 1. The summed E-state index contributed by atoms with van der Waals surface area (Å²) in [5.74, 6) is -0.444. The second kappa shape index (κ2) is 5.93. The molecule has 1 unspecified atom stereocenters. The van der Waals surface area contributed by atoms with Crippen molar-refractivity contribution in [2.75, 3.05) is 30.3 Å². The number of primary amides is 1. The van der Waals surface area contributed by atoms with Crippen LogP contribution in [0.5, 0.6) is 0 Å². The van der Waals surface area contributed by atoms with Crippen LogP contribution in [0, 0.1) is 0 Å². The first-order valence-corrected chi connectivity index (χ1v) is 6.67. The molecule has 1 amide bonds. The van der Waals surface area contributed by atoms with Crippen molar-refractivity contribution in [2.24, 2.45) is 5.73 Å². The molecule has 0 bridgehead atoms. The predicted molar refractivity (Wildman–Crippen MR) is 76.2 cm³/mol. The van der Waals surface area contributed by atoms with E-state index in [2.05, 4.69) is 4.90 Å². The lowest BCUT2D eigenvalue weighted by molar-refractivity contribution is 0.0526. The van der Waals surface area contributed by atoms with Crippen LogP contribution in [0.25, 0.3) is 0 Å². The lowest BCUT2D eigenvalue weighted by Gasteiger charge is -2.35. The number of hydrogen-bond acceptors (Lipinski definition) is 4. The van der Waals surface area contributed by atoms with Gasteiger partial charge in [-0.1, -0.05) is 0 Å². The fraction of sp³-hybridized carbons (Fsp3) is 0.500. The Morgan fingerprint density at radius 2 is 2.32 bits per heavy atom. The van der Waals surface area contributed by atoms with E-state index >= 15 is 0 Å². The molecule has 2 rings (SSSR count). The van der Waals surface area contributed by atoms with Gasteiger partial charge in [0.15, 0.2) is 0 Å². The van der Waals surface area contributed by atoms with Gasteiger partial charge in [0.25, 0.3) is 5.91 Å². The van der Waals surface area contributed by atoms with E-state index in [1.807, 2.05) is 13.0 Å². The molecule has 1 aliphatic heterocycles. The minimum absolute atomic E-state index is 0.219. The number of anilines is 2. The highest BCUT2D eigenvalue weighted by atomic mass is 16.5. The third kappa shape index (κ3) is 3.17. The van der Waals surface area contributed by atoms with Crippen molar-refractivity contribution in [3.63, 3.8) is 0 Å². The van der Waals surface area contributed by atoms with Crippen LogP contribution in [0.4, 0.5) is 11.4 Å². The van der Waals surface area contributed by atoms with Crippen LogP contribution >= 0.6 is 0 Å². The molecule has 0 saturated carbocycles. The highest BCUT2D eigenvalue weighted by Crippen LogP contribution is 2.26. The Kier molecular flexibility index (Phi) is 4.27. The largest absolute Gasteiger partial charge is 0.399 e. The average Bonchev–Trinajstić information content (AvgIpc) is 2.39. The zero-order valence-corrected chi connectivity index (χ0v) is 11.3. The molecule has 0 aliphatic carbocycles. The van der Waals surface area contributed by atoms with E-state index < -0.39 is 5.91 Å². The van der Waals surface area contributed by atoms with Gasteiger partial charge in [0, 0.05) is 31.1 Å². The summed E-state index contributed by atoms with van der Waals surface area (Å²) in [6, 6.07) is 5.30. The maximum atomic E-state index is 11.5. The summed E-state index contributed by atoms with van der Waals surface area (Å²) in [6.45, 7) is 4.41. The summed E-state index contributed by atoms with van der Waals surface area (Å²) < 4.78 is 5.68. The van der Waals surface area contributed by atoms with Crippen LogP contribution in [0.1, 0.15) is 30.1 Å². The fourth-order valence-corrected chi connectivity index (χ4v) is 2.56. The number of carbonyl (C=O) groups is 1. The van der Waals surface area contributed by atoms with Crippen molar-refractivity contribution in [2.45, 2.75) is 25.9 Å². The number of piperidine rings is 1. The number of nitrogen functional groups attached to an aromatic ring is 1. The van der Waals surface area contributed by atoms with E-state index in [-0.39, 0.29) is 6.10 Å². The highest BCUT2D eigenvalue weighted by Gasteiger charge is 2.23. The van der Waals surface area contributed by atoms with Crippen LogP contribution in [0.3, 0.4) is 0 Å². The standard InChI is InChI=1S/C14H21N3O2/c1-2-19-11-4-3-7-17(9-11)13-6-5-10(15)8-12(13)14(16)18/h5-6,8,11H,2-4,7,9,15H2,1H3,(H2,16,18). The molecule has 4 N–H and O–H groups in total. The number of hydrogen-bond donors (Lipinski definition) is 2. The first-order valence-electron chi connectivity index (χ1n) is 6.67. The highest BCUT2D eigenvalue weighted by molar-refractivity contribution is 5.99. The van der Waals surface area contributed by atoms with Crippen molar-refractivity contribution in [3.05, 3.63) is 23.8 Å². The van der Waals surface area contributed by atoms with Gasteiger partial charge in [-0.25, -0.2) is 0 Å². The molecule has 104 valence electrons. The second-order valence-corrected chi connectivity index (χ2v) is 4.81.